The molecule has 0 aliphatic heterocycles. The van der Waals surface area contributed by atoms with Gasteiger partial charge in [0.1, 0.15) is 12.1 Å². The van der Waals surface area contributed by atoms with Gasteiger partial charge in [0.25, 0.3) is 0 Å². The van der Waals surface area contributed by atoms with Gasteiger partial charge < -0.3 is 5.32 Å². The Kier molecular flexibility index (Phi) is 3.69. The third-order valence-electron chi connectivity index (χ3n) is 4.13. The van der Waals surface area contributed by atoms with Gasteiger partial charge in [-0.25, -0.2) is 9.97 Å². The van der Waals surface area contributed by atoms with Crippen molar-refractivity contribution in [3.05, 3.63) is 17.6 Å². The zero-order valence-electron chi connectivity index (χ0n) is 10.7. The van der Waals surface area contributed by atoms with Gasteiger partial charge in [0.15, 0.2) is 0 Å². The lowest BCUT2D eigenvalue weighted by Gasteiger charge is -2.29. The van der Waals surface area contributed by atoms with E-state index in [-0.39, 0.29) is 5.38 Å². The average Bonchev–Trinajstić information content (AvgIpc) is 2.42. The van der Waals surface area contributed by atoms with Crippen LogP contribution in [-0.2, 0) is 12.8 Å². The van der Waals surface area contributed by atoms with Crippen LogP contribution in [0, 0.1) is 0 Å². The molecule has 1 aromatic heterocycles. The van der Waals surface area contributed by atoms with Crippen molar-refractivity contribution in [3.63, 3.8) is 0 Å². The minimum atomic E-state index is 0.243. The summed E-state index contributed by atoms with van der Waals surface area (Å²) in [6, 6.07) is 0.376. The molecule has 1 aromatic rings. The summed E-state index contributed by atoms with van der Waals surface area (Å²) >= 11 is 6.41. The molecule has 0 spiro atoms. The Hall–Kier alpha value is -0.830. The molecule has 0 saturated heterocycles. The van der Waals surface area contributed by atoms with E-state index < -0.39 is 0 Å². The molecule has 1 heterocycles. The fourth-order valence-electron chi connectivity index (χ4n) is 3.07. The van der Waals surface area contributed by atoms with Crippen LogP contribution in [0.5, 0.6) is 0 Å². The van der Waals surface area contributed by atoms with E-state index in [2.05, 4.69) is 15.3 Å². The predicted molar refractivity (Wildman–Crippen MR) is 74.2 cm³/mol. The Morgan fingerprint density at radius 1 is 1.06 bits per heavy atom. The molecular weight excluding hydrogens is 246 g/mol. The maximum atomic E-state index is 6.41. The van der Waals surface area contributed by atoms with Crippen LogP contribution in [0.4, 0.5) is 5.82 Å². The first kappa shape index (κ1) is 12.2. The fourth-order valence-corrected chi connectivity index (χ4v) is 3.41. The normalized spacial score (nSPS) is 27.6. The Labute approximate surface area is 113 Å². The van der Waals surface area contributed by atoms with Crippen LogP contribution in [-0.4, -0.2) is 21.4 Å². The summed E-state index contributed by atoms with van der Waals surface area (Å²) in [6.07, 6.45) is 11.2. The van der Waals surface area contributed by atoms with Gasteiger partial charge in [-0.05, 0) is 38.5 Å². The lowest BCUT2D eigenvalue weighted by Crippen LogP contribution is -2.33. The van der Waals surface area contributed by atoms with Crippen molar-refractivity contribution >= 4 is 17.4 Å². The summed E-state index contributed by atoms with van der Waals surface area (Å²) in [7, 11) is 0. The molecule has 1 fully saturated rings. The molecule has 0 aromatic carbocycles. The van der Waals surface area contributed by atoms with Gasteiger partial charge in [-0.1, -0.05) is 12.8 Å². The Morgan fingerprint density at radius 2 is 1.89 bits per heavy atom. The Morgan fingerprint density at radius 3 is 2.78 bits per heavy atom. The largest absolute Gasteiger partial charge is 0.366 e. The van der Waals surface area contributed by atoms with Crippen LogP contribution < -0.4 is 5.32 Å². The number of aromatic nitrogens is 2. The number of fused-ring (bicyclic) bond motifs is 1. The first-order valence-corrected chi connectivity index (χ1v) is 7.51. The summed E-state index contributed by atoms with van der Waals surface area (Å²) in [5.41, 5.74) is 2.57. The van der Waals surface area contributed by atoms with Gasteiger partial charge in [0, 0.05) is 17.3 Å². The molecule has 1 saturated carbocycles. The molecule has 2 aliphatic carbocycles. The highest BCUT2D eigenvalue weighted by Crippen LogP contribution is 2.29. The highest BCUT2D eigenvalue weighted by molar-refractivity contribution is 6.21. The Balaban J connectivity index is 1.79. The van der Waals surface area contributed by atoms with E-state index >= 15 is 0 Å². The zero-order valence-corrected chi connectivity index (χ0v) is 11.4. The molecule has 1 N–H and O–H groups in total. The van der Waals surface area contributed by atoms with Crippen LogP contribution in [0.25, 0.3) is 0 Å². The maximum absolute atomic E-state index is 6.41. The van der Waals surface area contributed by atoms with Crippen LogP contribution in [0.3, 0.4) is 0 Å². The molecular formula is C14H20ClN3. The first-order valence-electron chi connectivity index (χ1n) is 7.08. The number of hydrogen-bond donors (Lipinski definition) is 1. The fraction of sp³-hybridized carbons (Fsp3) is 0.714. The quantitative estimate of drug-likeness (QED) is 0.834. The summed E-state index contributed by atoms with van der Waals surface area (Å²) in [4.78, 5) is 8.85. The van der Waals surface area contributed by atoms with Gasteiger partial charge in [-0.15, -0.1) is 11.6 Å². The van der Waals surface area contributed by atoms with Crippen molar-refractivity contribution in [2.75, 3.05) is 5.32 Å². The molecule has 3 rings (SSSR count). The van der Waals surface area contributed by atoms with Crippen molar-refractivity contribution in [3.8, 4) is 0 Å². The number of rotatable bonds is 2. The molecule has 3 nitrogen and oxygen atoms in total. The molecule has 0 radical (unpaired) electrons. The van der Waals surface area contributed by atoms with Crippen LogP contribution in [0.1, 0.15) is 49.8 Å². The average molecular weight is 266 g/mol. The second-order valence-electron chi connectivity index (χ2n) is 5.41. The van der Waals surface area contributed by atoms with Crippen molar-refractivity contribution in [1.29, 1.82) is 0 Å². The second kappa shape index (κ2) is 5.43. The van der Waals surface area contributed by atoms with Crippen LogP contribution >= 0.6 is 11.6 Å². The monoisotopic (exact) mass is 265 g/mol. The topological polar surface area (TPSA) is 37.8 Å². The second-order valence-corrected chi connectivity index (χ2v) is 5.97. The van der Waals surface area contributed by atoms with Crippen molar-refractivity contribution in [1.82, 2.24) is 9.97 Å². The van der Waals surface area contributed by atoms with Crippen molar-refractivity contribution < 1.29 is 0 Å². The van der Waals surface area contributed by atoms with Gasteiger partial charge in [0.2, 0.25) is 0 Å². The van der Waals surface area contributed by atoms with E-state index in [0.29, 0.717) is 6.04 Å². The summed E-state index contributed by atoms with van der Waals surface area (Å²) in [5, 5.41) is 3.82. The molecule has 4 heteroatoms. The maximum Gasteiger partial charge on any atom is 0.133 e. The number of halogens is 1. The number of aryl methyl sites for hydroxylation is 1. The van der Waals surface area contributed by atoms with E-state index in [4.69, 9.17) is 11.6 Å². The third-order valence-corrected chi connectivity index (χ3v) is 4.65. The third kappa shape index (κ3) is 2.46. The molecule has 98 valence electrons. The van der Waals surface area contributed by atoms with E-state index in [1.807, 2.05) is 0 Å². The number of hydrogen-bond acceptors (Lipinski definition) is 3. The molecule has 0 amide bonds. The smallest absolute Gasteiger partial charge is 0.133 e. The zero-order chi connectivity index (χ0) is 12.4. The lowest BCUT2D eigenvalue weighted by molar-refractivity contribution is 0.468. The lowest BCUT2D eigenvalue weighted by atomic mass is 9.93. The number of alkyl halides is 1. The first-order chi connectivity index (χ1) is 8.84. The molecule has 2 aliphatic rings. The summed E-state index contributed by atoms with van der Waals surface area (Å²) < 4.78 is 0. The SMILES string of the molecule is ClC1CCCCC1Nc1ncnc2c1CCCC2. The minimum absolute atomic E-state index is 0.243. The summed E-state index contributed by atoms with van der Waals surface area (Å²) in [6.45, 7) is 0. The van der Waals surface area contributed by atoms with Crippen LogP contribution in [0.2, 0.25) is 0 Å². The van der Waals surface area contributed by atoms with Crippen molar-refractivity contribution in [2.24, 2.45) is 0 Å². The highest BCUT2D eigenvalue weighted by Gasteiger charge is 2.25. The predicted octanol–water partition coefficient (Wildman–Crippen LogP) is 3.32. The molecule has 18 heavy (non-hydrogen) atoms. The van der Waals surface area contributed by atoms with E-state index in [1.165, 1.54) is 36.9 Å². The number of nitrogens with zero attached hydrogens (tertiary/aromatic N) is 2. The molecule has 2 unspecified atom stereocenters. The van der Waals surface area contributed by atoms with Gasteiger partial charge in [-0.2, -0.15) is 0 Å². The highest BCUT2D eigenvalue weighted by atomic mass is 35.5. The number of anilines is 1. The van der Waals surface area contributed by atoms with Gasteiger partial charge in [-0.3, -0.25) is 0 Å². The van der Waals surface area contributed by atoms with Gasteiger partial charge >= 0.3 is 0 Å². The van der Waals surface area contributed by atoms with Gasteiger partial charge in [0.05, 0.1) is 5.38 Å². The van der Waals surface area contributed by atoms with E-state index in [0.717, 1.165) is 31.5 Å². The van der Waals surface area contributed by atoms with E-state index in [9.17, 15) is 0 Å². The van der Waals surface area contributed by atoms with Crippen LogP contribution in [0.15, 0.2) is 6.33 Å². The van der Waals surface area contributed by atoms with E-state index in [1.54, 1.807) is 6.33 Å². The summed E-state index contributed by atoms with van der Waals surface area (Å²) in [5.74, 6) is 1.04. The molecule has 2 atom stereocenters. The standard InChI is InChI=1S/C14H20ClN3/c15-11-6-2-4-8-13(11)18-14-10-5-1-3-7-12(10)16-9-17-14/h9,11,13H,1-8H2,(H,16,17,18). The molecule has 0 bridgehead atoms. The van der Waals surface area contributed by atoms with Crippen molar-refractivity contribution in [2.45, 2.75) is 62.8 Å². The minimum Gasteiger partial charge on any atom is -0.366 e. The Bertz CT molecular complexity index is 422. The number of nitrogens with one attached hydrogen (secondary N) is 1.